The molecule has 1 aromatic carbocycles. The molecule has 4 nitrogen and oxygen atoms in total. The average molecular weight is 222 g/mol. The van der Waals surface area contributed by atoms with Crippen LogP contribution in [0.2, 0.25) is 0 Å². The SMILES string of the molecule is Cc1c(O)c(C)c2c(c1O)C(=O)O[C@@H](C)C2. The van der Waals surface area contributed by atoms with Crippen LogP contribution in [-0.4, -0.2) is 22.3 Å². The van der Waals surface area contributed by atoms with E-state index in [1.165, 1.54) is 0 Å². The Balaban J connectivity index is 2.76. The lowest BCUT2D eigenvalue weighted by Crippen LogP contribution is -2.26. The minimum absolute atomic E-state index is 0.0538. The van der Waals surface area contributed by atoms with E-state index in [1.807, 2.05) is 0 Å². The van der Waals surface area contributed by atoms with Gasteiger partial charge in [-0.25, -0.2) is 4.79 Å². The van der Waals surface area contributed by atoms with E-state index >= 15 is 0 Å². The Bertz CT molecular complexity index is 477. The molecule has 0 spiro atoms. The highest BCUT2D eigenvalue weighted by Crippen LogP contribution is 2.39. The summed E-state index contributed by atoms with van der Waals surface area (Å²) in [6.07, 6.45) is 0.300. The summed E-state index contributed by atoms with van der Waals surface area (Å²) in [5.41, 5.74) is 1.85. The van der Waals surface area contributed by atoms with Gasteiger partial charge in [-0.15, -0.1) is 0 Å². The van der Waals surface area contributed by atoms with Crippen molar-refractivity contribution >= 4 is 5.97 Å². The van der Waals surface area contributed by atoms with Gasteiger partial charge in [-0.2, -0.15) is 0 Å². The van der Waals surface area contributed by atoms with Crippen LogP contribution in [0.3, 0.4) is 0 Å². The highest BCUT2D eigenvalue weighted by Gasteiger charge is 2.31. The number of fused-ring (bicyclic) bond motifs is 1. The molecule has 0 unspecified atom stereocenters. The molecule has 4 heteroatoms. The van der Waals surface area contributed by atoms with Crippen LogP contribution >= 0.6 is 0 Å². The quantitative estimate of drug-likeness (QED) is 0.657. The predicted octanol–water partition coefficient (Wildman–Crippen LogP) is 1.82. The van der Waals surface area contributed by atoms with Gasteiger partial charge < -0.3 is 14.9 Å². The summed E-state index contributed by atoms with van der Waals surface area (Å²) in [5.74, 6) is -0.634. The largest absolute Gasteiger partial charge is 0.507 e. The van der Waals surface area contributed by atoms with Crippen molar-refractivity contribution in [1.82, 2.24) is 0 Å². The highest BCUT2D eigenvalue weighted by molar-refractivity contribution is 5.96. The Morgan fingerprint density at radius 2 is 1.81 bits per heavy atom. The van der Waals surface area contributed by atoms with E-state index < -0.39 is 5.97 Å². The molecule has 0 radical (unpaired) electrons. The van der Waals surface area contributed by atoms with Gasteiger partial charge in [-0.1, -0.05) is 0 Å². The van der Waals surface area contributed by atoms with E-state index in [0.29, 0.717) is 23.1 Å². The van der Waals surface area contributed by atoms with Crippen LogP contribution in [0.15, 0.2) is 0 Å². The summed E-state index contributed by atoms with van der Waals surface area (Å²) in [7, 11) is 0. The number of benzene rings is 1. The van der Waals surface area contributed by atoms with Crippen LogP contribution in [0.5, 0.6) is 11.5 Å². The normalized spacial score (nSPS) is 19.2. The molecule has 0 saturated heterocycles. The fourth-order valence-corrected chi connectivity index (χ4v) is 2.10. The van der Waals surface area contributed by atoms with E-state index in [2.05, 4.69) is 0 Å². The first-order chi connectivity index (χ1) is 7.43. The Kier molecular flexibility index (Phi) is 2.30. The molecule has 1 aromatic rings. The first kappa shape index (κ1) is 10.8. The third-order valence-corrected chi connectivity index (χ3v) is 3.06. The second kappa shape index (κ2) is 3.40. The lowest BCUT2D eigenvalue weighted by molar-refractivity contribution is 0.0296. The van der Waals surface area contributed by atoms with Gasteiger partial charge in [-0.3, -0.25) is 0 Å². The van der Waals surface area contributed by atoms with E-state index in [-0.39, 0.29) is 23.2 Å². The number of carbonyl (C=O) groups is 1. The Morgan fingerprint density at radius 3 is 2.44 bits per heavy atom. The summed E-state index contributed by atoms with van der Waals surface area (Å²) in [6.45, 7) is 5.10. The van der Waals surface area contributed by atoms with Gasteiger partial charge in [0, 0.05) is 12.0 Å². The van der Waals surface area contributed by atoms with Crippen molar-refractivity contribution in [2.45, 2.75) is 33.3 Å². The molecule has 2 N–H and O–H groups in total. The number of hydrogen-bond donors (Lipinski definition) is 2. The van der Waals surface area contributed by atoms with E-state index in [4.69, 9.17) is 4.74 Å². The van der Waals surface area contributed by atoms with E-state index in [9.17, 15) is 15.0 Å². The van der Waals surface area contributed by atoms with Gasteiger partial charge in [0.15, 0.2) is 0 Å². The van der Waals surface area contributed by atoms with Crippen LogP contribution in [0.4, 0.5) is 0 Å². The van der Waals surface area contributed by atoms with Crippen LogP contribution in [0.1, 0.15) is 34.0 Å². The zero-order valence-corrected chi connectivity index (χ0v) is 9.50. The molecule has 16 heavy (non-hydrogen) atoms. The first-order valence-corrected chi connectivity index (χ1v) is 5.18. The fraction of sp³-hybridized carbons (Fsp3) is 0.417. The second-order valence-corrected chi connectivity index (χ2v) is 4.22. The molecule has 0 saturated carbocycles. The minimum atomic E-state index is -0.516. The number of carbonyl (C=O) groups excluding carboxylic acids is 1. The maximum Gasteiger partial charge on any atom is 0.342 e. The third kappa shape index (κ3) is 1.33. The number of esters is 1. The minimum Gasteiger partial charge on any atom is -0.507 e. The molecule has 0 aliphatic carbocycles. The zero-order chi connectivity index (χ0) is 12.0. The molecule has 86 valence electrons. The van der Waals surface area contributed by atoms with Crippen molar-refractivity contribution in [3.63, 3.8) is 0 Å². The van der Waals surface area contributed by atoms with Gasteiger partial charge in [0.2, 0.25) is 0 Å². The van der Waals surface area contributed by atoms with Gasteiger partial charge in [0.1, 0.15) is 23.2 Å². The van der Waals surface area contributed by atoms with Crippen molar-refractivity contribution in [2.24, 2.45) is 0 Å². The van der Waals surface area contributed by atoms with Crippen molar-refractivity contribution in [1.29, 1.82) is 0 Å². The van der Waals surface area contributed by atoms with Crippen LogP contribution in [0.25, 0.3) is 0 Å². The standard InChI is InChI=1S/C12H14O4/c1-5-4-8-6(2)10(13)7(3)11(14)9(8)12(15)16-5/h5,13-14H,4H2,1-3H3/t5-/m0/s1. The molecule has 2 rings (SSSR count). The van der Waals surface area contributed by atoms with Gasteiger partial charge in [0.25, 0.3) is 0 Å². The maximum absolute atomic E-state index is 11.7. The Morgan fingerprint density at radius 1 is 1.19 bits per heavy atom. The summed E-state index contributed by atoms with van der Waals surface area (Å²) < 4.78 is 5.06. The van der Waals surface area contributed by atoms with E-state index in [1.54, 1.807) is 20.8 Å². The second-order valence-electron chi connectivity index (χ2n) is 4.22. The predicted molar refractivity (Wildman–Crippen MR) is 57.8 cm³/mol. The lowest BCUT2D eigenvalue weighted by atomic mass is 9.91. The molecule has 1 atom stereocenters. The molecule has 1 heterocycles. The fourth-order valence-electron chi connectivity index (χ4n) is 2.10. The van der Waals surface area contributed by atoms with Gasteiger partial charge >= 0.3 is 5.97 Å². The molecular weight excluding hydrogens is 208 g/mol. The topological polar surface area (TPSA) is 66.8 Å². The van der Waals surface area contributed by atoms with Gasteiger partial charge in [0.05, 0.1) is 0 Å². The van der Waals surface area contributed by atoms with Crippen molar-refractivity contribution in [2.75, 3.05) is 0 Å². The van der Waals surface area contributed by atoms with Crippen molar-refractivity contribution in [3.05, 3.63) is 22.3 Å². The summed E-state index contributed by atoms with van der Waals surface area (Å²) in [4.78, 5) is 11.7. The number of hydrogen-bond acceptors (Lipinski definition) is 4. The number of rotatable bonds is 0. The van der Waals surface area contributed by atoms with Crippen molar-refractivity contribution in [3.8, 4) is 11.5 Å². The molecular formula is C12H14O4. The first-order valence-electron chi connectivity index (χ1n) is 5.18. The smallest absolute Gasteiger partial charge is 0.342 e. The summed E-state index contributed by atoms with van der Waals surface area (Å²) in [5, 5.41) is 19.6. The number of cyclic esters (lactones) is 1. The maximum atomic E-state index is 11.7. The molecule has 1 aliphatic rings. The van der Waals surface area contributed by atoms with Gasteiger partial charge in [-0.05, 0) is 31.9 Å². The number of phenols is 2. The number of phenolic OH excluding ortho intramolecular Hbond substituents is 2. The van der Waals surface area contributed by atoms with E-state index in [0.717, 1.165) is 0 Å². The van der Waals surface area contributed by atoms with Crippen LogP contribution in [0, 0.1) is 13.8 Å². The Labute approximate surface area is 93.5 Å². The van der Waals surface area contributed by atoms with Crippen LogP contribution in [-0.2, 0) is 11.2 Å². The Hall–Kier alpha value is -1.71. The summed E-state index contributed by atoms with van der Waals surface area (Å²) >= 11 is 0. The molecule has 0 fully saturated rings. The molecule has 0 bridgehead atoms. The van der Waals surface area contributed by atoms with Crippen molar-refractivity contribution < 1.29 is 19.7 Å². The molecule has 0 amide bonds. The zero-order valence-electron chi connectivity index (χ0n) is 9.50. The van der Waals surface area contributed by atoms with Crippen LogP contribution < -0.4 is 0 Å². The number of ether oxygens (including phenoxy) is 1. The average Bonchev–Trinajstić information content (AvgIpc) is 2.22. The highest BCUT2D eigenvalue weighted by atomic mass is 16.5. The number of aromatic hydroxyl groups is 2. The molecule has 1 aliphatic heterocycles. The monoisotopic (exact) mass is 222 g/mol. The lowest BCUT2D eigenvalue weighted by Gasteiger charge is -2.25. The molecule has 0 aromatic heterocycles. The third-order valence-electron chi connectivity index (χ3n) is 3.06. The summed E-state index contributed by atoms with van der Waals surface area (Å²) in [6, 6.07) is 0.